The van der Waals surface area contributed by atoms with Crippen LogP contribution in [-0.2, 0) is 18.0 Å². The fourth-order valence-electron chi connectivity index (χ4n) is 1.60. The van der Waals surface area contributed by atoms with E-state index in [-0.39, 0.29) is 6.61 Å². The molecule has 0 atom stereocenters. The molecule has 0 bridgehead atoms. The second kappa shape index (κ2) is 6.68. The molecule has 0 aliphatic heterocycles. The van der Waals surface area contributed by atoms with E-state index in [0.717, 1.165) is 5.56 Å². The van der Waals surface area contributed by atoms with Gasteiger partial charge in [0.05, 0.1) is 25.0 Å². The molecule has 0 unspecified atom stereocenters. The normalized spacial score (nSPS) is 10.1. The van der Waals surface area contributed by atoms with Gasteiger partial charge in [-0.3, -0.25) is 4.98 Å². The van der Waals surface area contributed by atoms with E-state index in [4.69, 9.17) is 9.84 Å². The number of hydrogen-bond acceptors (Lipinski definition) is 5. The van der Waals surface area contributed by atoms with Crippen LogP contribution in [0.2, 0.25) is 0 Å². The zero-order chi connectivity index (χ0) is 14.4. The quantitative estimate of drug-likeness (QED) is 0.843. The van der Waals surface area contributed by atoms with Gasteiger partial charge < -0.3 is 14.6 Å². The van der Waals surface area contributed by atoms with Crippen LogP contribution in [0.15, 0.2) is 42.6 Å². The highest BCUT2D eigenvalue weighted by atomic mass is 16.5. The lowest BCUT2D eigenvalue weighted by Crippen LogP contribution is -2.04. The van der Waals surface area contributed by atoms with Gasteiger partial charge in [0.25, 0.3) is 0 Å². The van der Waals surface area contributed by atoms with E-state index in [1.807, 2.05) is 0 Å². The monoisotopic (exact) mass is 273 g/mol. The molecule has 0 spiro atoms. The first-order valence-electron chi connectivity index (χ1n) is 6.09. The van der Waals surface area contributed by atoms with Crippen molar-refractivity contribution in [3.8, 4) is 5.75 Å². The van der Waals surface area contributed by atoms with E-state index >= 15 is 0 Å². The van der Waals surface area contributed by atoms with Crippen LogP contribution in [0.5, 0.6) is 5.75 Å². The molecule has 2 aromatic rings. The van der Waals surface area contributed by atoms with Crippen molar-refractivity contribution in [3.05, 3.63) is 59.4 Å². The molecule has 0 aliphatic carbocycles. The SMILES string of the molecule is COC(=O)c1ccc(COc2ccc(CO)cc2)nc1. The lowest BCUT2D eigenvalue weighted by atomic mass is 10.2. The lowest BCUT2D eigenvalue weighted by Gasteiger charge is -2.06. The smallest absolute Gasteiger partial charge is 0.339 e. The molecule has 1 aromatic heterocycles. The van der Waals surface area contributed by atoms with Gasteiger partial charge in [-0.25, -0.2) is 4.79 Å². The van der Waals surface area contributed by atoms with Crippen LogP contribution >= 0.6 is 0 Å². The van der Waals surface area contributed by atoms with E-state index in [9.17, 15) is 4.79 Å². The van der Waals surface area contributed by atoms with E-state index in [2.05, 4.69) is 9.72 Å². The molecule has 0 amide bonds. The van der Waals surface area contributed by atoms with Crippen molar-refractivity contribution in [2.75, 3.05) is 7.11 Å². The number of ether oxygens (including phenoxy) is 2. The van der Waals surface area contributed by atoms with Crippen molar-refractivity contribution >= 4 is 5.97 Å². The molecular weight excluding hydrogens is 258 g/mol. The molecule has 1 N–H and O–H groups in total. The minimum Gasteiger partial charge on any atom is -0.487 e. The van der Waals surface area contributed by atoms with Crippen LogP contribution < -0.4 is 4.74 Å². The molecule has 0 radical (unpaired) electrons. The fraction of sp³-hybridized carbons (Fsp3) is 0.200. The third-order valence-corrected chi connectivity index (χ3v) is 2.74. The number of aromatic nitrogens is 1. The molecule has 0 aliphatic rings. The topological polar surface area (TPSA) is 68.7 Å². The Balaban J connectivity index is 1.94. The van der Waals surface area contributed by atoms with E-state index in [1.54, 1.807) is 36.4 Å². The molecule has 5 nitrogen and oxygen atoms in total. The molecule has 0 fully saturated rings. The van der Waals surface area contributed by atoms with Crippen LogP contribution in [0.25, 0.3) is 0 Å². The van der Waals surface area contributed by atoms with Gasteiger partial charge in [-0.2, -0.15) is 0 Å². The Morgan fingerprint density at radius 1 is 1.20 bits per heavy atom. The van der Waals surface area contributed by atoms with Crippen LogP contribution in [0.1, 0.15) is 21.6 Å². The molecule has 20 heavy (non-hydrogen) atoms. The van der Waals surface area contributed by atoms with Gasteiger partial charge in [-0.1, -0.05) is 12.1 Å². The molecule has 5 heteroatoms. The minimum atomic E-state index is -0.412. The number of aliphatic hydroxyl groups excluding tert-OH is 1. The van der Waals surface area contributed by atoms with Crippen molar-refractivity contribution in [2.45, 2.75) is 13.2 Å². The second-order valence-corrected chi connectivity index (χ2v) is 4.12. The third-order valence-electron chi connectivity index (χ3n) is 2.74. The Morgan fingerprint density at radius 3 is 2.50 bits per heavy atom. The number of pyridine rings is 1. The summed E-state index contributed by atoms with van der Waals surface area (Å²) < 4.78 is 10.2. The number of hydrogen-bond donors (Lipinski definition) is 1. The summed E-state index contributed by atoms with van der Waals surface area (Å²) >= 11 is 0. The molecule has 0 saturated heterocycles. The fourth-order valence-corrected chi connectivity index (χ4v) is 1.60. The summed E-state index contributed by atoms with van der Waals surface area (Å²) in [5, 5.41) is 8.94. The standard InChI is InChI=1S/C15H15NO4/c1-19-15(18)12-4-5-13(16-8-12)10-20-14-6-2-11(9-17)3-7-14/h2-8,17H,9-10H2,1H3. The van der Waals surface area contributed by atoms with Gasteiger partial charge in [0.2, 0.25) is 0 Å². The van der Waals surface area contributed by atoms with Gasteiger partial charge in [0, 0.05) is 6.20 Å². The predicted molar refractivity (Wildman–Crippen MR) is 72.3 cm³/mol. The Kier molecular flexibility index (Phi) is 4.68. The summed E-state index contributed by atoms with van der Waals surface area (Å²) in [5.41, 5.74) is 1.95. The van der Waals surface area contributed by atoms with Gasteiger partial charge in [0.15, 0.2) is 0 Å². The van der Waals surface area contributed by atoms with Gasteiger partial charge >= 0.3 is 5.97 Å². The van der Waals surface area contributed by atoms with Crippen molar-refractivity contribution in [1.29, 1.82) is 0 Å². The third kappa shape index (κ3) is 3.55. The van der Waals surface area contributed by atoms with Gasteiger partial charge in [-0.15, -0.1) is 0 Å². The summed E-state index contributed by atoms with van der Waals surface area (Å²) in [6.45, 7) is 0.316. The zero-order valence-electron chi connectivity index (χ0n) is 11.1. The number of esters is 1. The summed E-state index contributed by atoms with van der Waals surface area (Å²) in [5.74, 6) is 0.283. The number of methoxy groups -OCH3 is 1. The van der Waals surface area contributed by atoms with Crippen molar-refractivity contribution in [1.82, 2.24) is 4.98 Å². The molecule has 2 rings (SSSR count). The van der Waals surface area contributed by atoms with Crippen molar-refractivity contribution < 1.29 is 19.4 Å². The number of aliphatic hydroxyl groups is 1. The maximum absolute atomic E-state index is 11.3. The Labute approximate surface area is 116 Å². The number of nitrogens with zero attached hydrogens (tertiary/aromatic N) is 1. The number of rotatable bonds is 5. The molecule has 0 saturated carbocycles. The zero-order valence-corrected chi connectivity index (χ0v) is 11.1. The van der Waals surface area contributed by atoms with Crippen LogP contribution in [0.3, 0.4) is 0 Å². The highest BCUT2D eigenvalue weighted by Crippen LogP contribution is 2.14. The molecule has 104 valence electrons. The molecule has 1 aromatic carbocycles. The number of carbonyl (C=O) groups excluding carboxylic acids is 1. The highest BCUT2D eigenvalue weighted by Gasteiger charge is 2.05. The number of carbonyl (C=O) groups is 1. The molecule has 1 heterocycles. The Morgan fingerprint density at radius 2 is 1.95 bits per heavy atom. The first-order chi connectivity index (χ1) is 9.72. The number of benzene rings is 1. The summed E-state index contributed by atoms with van der Waals surface area (Å²) in [7, 11) is 1.33. The highest BCUT2D eigenvalue weighted by molar-refractivity contribution is 5.88. The Hall–Kier alpha value is -2.40. The van der Waals surface area contributed by atoms with E-state index < -0.39 is 5.97 Å². The van der Waals surface area contributed by atoms with Crippen LogP contribution in [0, 0.1) is 0 Å². The second-order valence-electron chi connectivity index (χ2n) is 4.12. The molecular formula is C15H15NO4. The summed E-state index contributed by atoms with van der Waals surface area (Å²) in [6.07, 6.45) is 1.46. The maximum atomic E-state index is 11.3. The van der Waals surface area contributed by atoms with Crippen molar-refractivity contribution in [2.24, 2.45) is 0 Å². The largest absolute Gasteiger partial charge is 0.487 e. The predicted octanol–water partition coefficient (Wildman–Crippen LogP) is 1.94. The maximum Gasteiger partial charge on any atom is 0.339 e. The average molecular weight is 273 g/mol. The van der Waals surface area contributed by atoms with Gasteiger partial charge in [-0.05, 0) is 29.8 Å². The van der Waals surface area contributed by atoms with Crippen molar-refractivity contribution in [3.63, 3.8) is 0 Å². The summed E-state index contributed by atoms with van der Waals surface area (Å²) in [4.78, 5) is 15.4. The van der Waals surface area contributed by atoms with E-state index in [0.29, 0.717) is 23.6 Å². The van der Waals surface area contributed by atoms with E-state index in [1.165, 1.54) is 13.3 Å². The minimum absolute atomic E-state index is 0.0107. The first kappa shape index (κ1) is 14.0. The average Bonchev–Trinajstić information content (AvgIpc) is 2.53. The summed E-state index contributed by atoms with van der Waals surface area (Å²) in [6, 6.07) is 10.5. The first-order valence-corrected chi connectivity index (χ1v) is 6.09. The Bertz CT molecular complexity index is 563. The van der Waals surface area contributed by atoms with Crippen LogP contribution in [-0.4, -0.2) is 23.2 Å². The van der Waals surface area contributed by atoms with Gasteiger partial charge in [0.1, 0.15) is 12.4 Å². The lowest BCUT2D eigenvalue weighted by molar-refractivity contribution is 0.0600. The van der Waals surface area contributed by atoms with Crippen LogP contribution in [0.4, 0.5) is 0 Å².